The molecule has 1 amide bonds. The molecule has 1 fully saturated rings. The summed E-state index contributed by atoms with van der Waals surface area (Å²) < 4.78 is 1.03. The van der Waals surface area contributed by atoms with Crippen LogP contribution in [0.25, 0.3) is 0 Å². The maximum absolute atomic E-state index is 12.9. The van der Waals surface area contributed by atoms with Crippen molar-refractivity contribution in [1.29, 1.82) is 0 Å². The molecule has 3 heterocycles. The number of benzene rings is 1. The van der Waals surface area contributed by atoms with Gasteiger partial charge in [-0.25, -0.2) is 0 Å². The number of piperidine rings is 1. The fraction of sp³-hybridized carbons (Fsp3) is 0.385. The highest BCUT2D eigenvalue weighted by Gasteiger charge is 2.35. The van der Waals surface area contributed by atoms with Crippen LogP contribution in [0.15, 0.2) is 58.9 Å². The molecule has 1 aromatic heterocycles. The molecular weight excluding hydrogens is 486 g/mol. The molecule has 5 rings (SSSR count). The zero-order chi connectivity index (χ0) is 22.1. The number of nitrogens with one attached hydrogen (secondary N) is 1. The molecule has 0 bridgehead atoms. The first-order valence-electron chi connectivity index (χ1n) is 11.4. The Morgan fingerprint density at radius 3 is 2.78 bits per heavy atom. The molecule has 3 aliphatic rings. The number of allylic oxidation sites excluding steroid dienone is 1. The second-order valence-electron chi connectivity index (χ2n) is 8.93. The summed E-state index contributed by atoms with van der Waals surface area (Å²) in [5.41, 5.74) is 6.32. The van der Waals surface area contributed by atoms with Crippen LogP contribution in [0.3, 0.4) is 0 Å². The third-order valence-corrected chi connectivity index (χ3v) is 7.65. The summed E-state index contributed by atoms with van der Waals surface area (Å²) in [5.74, 6) is 0.944. The van der Waals surface area contributed by atoms with Gasteiger partial charge in [0.2, 0.25) is 5.91 Å². The first kappa shape index (κ1) is 21.7. The molecule has 1 atom stereocenters. The number of likely N-dealkylation sites (tertiary alicyclic amines) is 1. The van der Waals surface area contributed by atoms with Gasteiger partial charge in [-0.2, -0.15) is 0 Å². The zero-order valence-electron chi connectivity index (χ0n) is 18.0. The first-order valence-corrected chi connectivity index (χ1v) is 12.5. The van der Waals surface area contributed by atoms with E-state index in [2.05, 4.69) is 45.5 Å². The zero-order valence-corrected chi connectivity index (χ0v) is 20.3. The number of hydrogen-bond donors (Lipinski definition) is 1. The molecule has 0 spiro atoms. The normalized spacial score (nSPS) is 20.6. The molecule has 1 aliphatic carbocycles. The van der Waals surface area contributed by atoms with Gasteiger partial charge in [0.05, 0.1) is 12.1 Å². The van der Waals surface area contributed by atoms with E-state index in [0.717, 1.165) is 60.4 Å². The Kier molecular flexibility index (Phi) is 6.38. The van der Waals surface area contributed by atoms with Gasteiger partial charge in [0.1, 0.15) is 0 Å². The summed E-state index contributed by atoms with van der Waals surface area (Å²) in [7, 11) is 0. The third kappa shape index (κ3) is 4.51. The molecule has 2 aliphatic heterocycles. The molecule has 1 N–H and O–H groups in total. The standard InChI is InChI=1S/C26H27BrClN3O/c27-21-14-20-2-1-19-15-22(28)3-4-23(19)25(26(20)30-16-21)18-7-11-31(12-8-18)24(32)13-17-5-9-29-10-6-17/h3-6,9,14-16,18,25,29H,1-2,7-8,10-13H2. The smallest absolute Gasteiger partial charge is 0.226 e. The molecular formula is C26H27BrClN3O. The number of rotatable bonds is 3. The minimum Gasteiger partial charge on any atom is -0.387 e. The minimum atomic E-state index is 0.233. The lowest BCUT2D eigenvalue weighted by Gasteiger charge is -2.37. The fourth-order valence-electron chi connectivity index (χ4n) is 5.35. The quantitative estimate of drug-likeness (QED) is 0.599. The molecule has 1 saturated heterocycles. The number of nitrogens with zero attached hydrogens (tertiary/aromatic N) is 2. The van der Waals surface area contributed by atoms with Gasteiger partial charge in [0, 0.05) is 41.2 Å². The van der Waals surface area contributed by atoms with Crippen LogP contribution in [-0.2, 0) is 17.6 Å². The lowest BCUT2D eigenvalue weighted by atomic mass is 9.76. The molecule has 4 nitrogen and oxygen atoms in total. The Bertz CT molecular complexity index is 1030. The van der Waals surface area contributed by atoms with E-state index in [-0.39, 0.29) is 11.8 Å². The van der Waals surface area contributed by atoms with Crippen molar-refractivity contribution in [3.05, 3.63) is 86.3 Å². The topological polar surface area (TPSA) is 45.2 Å². The van der Waals surface area contributed by atoms with Gasteiger partial charge >= 0.3 is 0 Å². The van der Waals surface area contributed by atoms with Crippen LogP contribution < -0.4 is 5.32 Å². The van der Waals surface area contributed by atoms with Crippen molar-refractivity contribution in [3.8, 4) is 0 Å². The number of aryl methyl sites for hydroxylation is 2. The van der Waals surface area contributed by atoms with Gasteiger partial charge < -0.3 is 10.2 Å². The van der Waals surface area contributed by atoms with Crippen molar-refractivity contribution >= 4 is 33.4 Å². The van der Waals surface area contributed by atoms with E-state index in [1.54, 1.807) is 0 Å². The van der Waals surface area contributed by atoms with Crippen molar-refractivity contribution in [1.82, 2.24) is 15.2 Å². The summed E-state index contributed by atoms with van der Waals surface area (Å²) in [6.07, 6.45) is 12.4. The van der Waals surface area contributed by atoms with Crippen LogP contribution >= 0.6 is 27.5 Å². The maximum atomic E-state index is 12.9. The number of amides is 1. The van der Waals surface area contributed by atoms with Crippen LogP contribution in [0.2, 0.25) is 5.02 Å². The van der Waals surface area contributed by atoms with Crippen LogP contribution in [0.1, 0.15) is 47.6 Å². The van der Waals surface area contributed by atoms with Crippen molar-refractivity contribution < 1.29 is 4.79 Å². The van der Waals surface area contributed by atoms with Crippen LogP contribution in [0.4, 0.5) is 0 Å². The van der Waals surface area contributed by atoms with Crippen molar-refractivity contribution in [3.63, 3.8) is 0 Å². The van der Waals surface area contributed by atoms with E-state index in [0.29, 0.717) is 12.3 Å². The van der Waals surface area contributed by atoms with Crippen LogP contribution in [0.5, 0.6) is 0 Å². The molecule has 6 heteroatoms. The Balaban J connectivity index is 1.37. The van der Waals surface area contributed by atoms with E-state index < -0.39 is 0 Å². The summed E-state index contributed by atoms with van der Waals surface area (Å²) >= 11 is 9.96. The van der Waals surface area contributed by atoms with Crippen molar-refractivity contribution in [2.45, 2.75) is 38.0 Å². The highest BCUT2D eigenvalue weighted by molar-refractivity contribution is 9.10. The fourth-order valence-corrected chi connectivity index (χ4v) is 5.93. The predicted molar refractivity (Wildman–Crippen MR) is 132 cm³/mol. The number of carbonyl (C=O) groups excluding carboxylic acids is 1. The maximum Gasteiger partial charge on any atom is 0.226 e. The predicted octanol–water partition coefficient (Wildman–Crippen LogP) is 5.40. The number of fused-ring (bicyclic) bond motifs is 2. The van der Waals surface area contributed by atoms with E-state index in [1.165, 1.54) is 22.4 Å². The lowest BCUT2D eigenvalue weighted by Crippen LogP contribution is -2.40. The Morgan fingerprint density at radius 2 is 2.00 bits per heavy atom. The molecule has 166 valence electrons. The lowest BCUT2D eigenvalue weighted by molar-refractivity contribution is -0.131. The van der Waals surface area contributed by atoms with Gasteiger partial charge in [0.15, 0.2) is 0 Å². The Morgan fingerprint density at radius 1 is 1.19 bits per heavy atom. The first-order chi connectivity index (χ1) is 15.6. The van der Waals surface area contributed by atoms with Gasteiger partial charge in [-0.1, -0.05) is 23.7 Å². The average Bonchev–Trinajstić information content (AvgIpc) is 2.96. The molecule has 1 unspecified atom stereocenters. The number of pyridine rings is 1. The highest BCUT2D eigenvalue weighted by atomic mass is 79.9. The average molecular weight is 513 g/mol. The van der Waals surface area contributed by atoms with Crippen molar-refractivity contribution in [2.75, 3.05) is 19.6 Å². The summed E-state index contributed by atoms with van der Waals surface area (Å²) in [4.78, 5) is 19.8. The Hall–Kier alpha value is -2.11. The van der Waals surface area contributed by atoms with E-state index >= 15 is 0 Å². The van der Waals surface area contributed by atoms with Gasteiger partial charge in [0.25, 0.3) is 0 Å². The molecule has 1 aromatic carbocycles. The van der Waals surface area contributed by atoms with Gasteiger partial charge in [-0.3, -0.25) is 9.78 Å². The molecule has 0 saturated carbocycles. The summed E-state index contributed by atoms with van der Waals surface area (Å²) in [6.45, 7) is 2.42. The molecule has 2 aromatic rings. The summed E-state index contributed by atoms with van der Waals surface area (Å²) in [6, 6.07) is 8.57. The largest absolute Gasteiger partial charge is 0.387 e. The monoisotopic (exact) mass is 511 g/mol. The number of hydrogen-bond acceptors (Lipinski definition) is 3. The third-order valence-electron chi connectivity index (χ3n) is 6.98. The van der Waals surface area contributed by atoms with Gasteiger partial charge in [-0.15, -0.1) is 0 Å². The van der Waals surface area contributed by atoms with Crippen LogP contribution in [-0.4, -0.2) is 35.4 Å². The van der Waals surface area contributed by atoms with Crippen LogP contribution in [0, 0.1) is 5.92 Å². The van der Waals surface area contributed by atoms with E-state index in [4.69, 9.17) is 16.6 Å². The molecule has 0 radical (unpaired) electrons. The number of dihydropyridines is 1. The molecule has 32 heavy (non-hydrogen) atoms. The second-order valence-corrected chi connectivity index (χ2v) is 10.3. The number of carbonyl (C=O) groups is 1. The Labute approximate surface area is 202 Å². The number of halogens is 2. The SMILES string of the molecule is O=C(CC1=CCNC=C1)N1CCC(C2c3ccc(Cl)cc3CCc3cc(Br)cnc32)CC1. The van der Waals surface area contributed by atoms with Crippen molar-refractivity contribution in [2.24, 2.45) is 5.92 Å². The second kappa shape index (κ2) is 9.40. The summed E-state index contributed by atoms with van der Waals surface area (Å²) in [5, 5.41) is 3.93. The highest BCUT2D eigenvalue weighted by Crippen LogP contribution is 2.43. The van der Waals surface area contributed by atoms with E-state index in [9.17, 15) is 4.79 Å². The van der Waals surface area contributed by atoms with Gasteiger partial charge in [-0.05, 0) is 100 Å². The van der Waals surface area contributed by atoms with E-state index in [1.807, 2.05) is 29.4 Å². The minimum absolute atomic E-state index is 0.233. The number of aromatic nitrogens is 1.